The van der Waals surface area contributed by atoms with Crippen molar-refractivity contribution in [2.24, 2.45) is 0 Å². The van der Waals surface area contributed by atoms with Crippen molar-refractivity contribution >= 4 is 60.9 Å². The summed E-state index contributed by atoms with van der Waals surface area (Å²) in [6, 6.07) is 67.2. The molecule has 0 spiro atoms. The van der Waals surface area contributed by atoms with Crippen LogP contribution in [0.25, 0.3) is 99.5 Å². The van der Waals surface area contributed by atoms with Crippen LogP contribution in [0.4, 0.5) is 17.1 Å². The van der Waals surface area contributed by atoms with E-state index in [-0.39, 0.29) is 27.1 Å². The molecule has 0 bridgehead atoms. The number of rotatable bonds is 3. The Morgan fingerprint density at radius 2 is 0.590 bits per heavy atom. The molecule has 0 saturated carbocycles. The Bertz CT molecular complexity index is 4520. The number of benzene rings is 10. The maximum absolute atomic E-state index is 6.51. The Hall–Kier alpha value is -8.40. The first-order valence-electron chi connectivity index (χ1n) is 28.1. The fourth-order valence-corrected chi connectivity index (χ4v) is 16.1. The van der Waals surface area contributed by atoms with E-state index in [0.29, 0.717) is 0 Å². The highest BCUT2D eigenvalue weighted by Crippen LogP contribution is 2.62. The van der Waals surface area contributed by atoms with Crippen LogP contribution in [0.5, 0.6) is 0 Å². The maximum atomic E-state index is 6.51. The fourth-order valence-electron chi connectivity index (χ4n) is 16.1. The molecule has 5 aliphatic carbocycles. The molecule has 3 heteroatoms. The van der Waals surface area contributed by atoms with Crippen molar-refractivity contribution in [1.82, 2.24) is 0 Å². The second-order valence-corrected chi connectivity index (χ2v) is 26.0. The predicted octanol–water partition coefficient (Wildman–Crippen LogP) is 20.5. The van der Waals surface area contributed by atoms with Crippen molar-refractivity contribution < 1.29 is 8.83 Å². The fraction of sp³-hybridized carbons (Fsp3) is 0.200. The molecule has 0 atom stereocenters. The van der Waals surface area contributed by atoms with E-state index in [4.69, 9.17) is 8.83 Å². The minimum atomic E-state index is -0.273. The lowest BCUT2D eigenvalue weighted by molar-refractivity contribution is 0.650. The monoisotopic (exact) mass is 1010 g/mol. The van der Waals surface area contributed by atoms with Gasteiger partial charge < -0.3 is 13.7 Å². The van der Waals surface area contributed by atoms with Gasteiger partial charge in [0.25, 0.3) is 0 Å². The molecule has 2 heterocycles. The third-order valence-electron chi connectivity index (χ3n) is 20.3. The zero-order valence-corrected chi connectivity index (χ0v) is 46.0. The molecule has 12 aromatic rings. The number of hydrogen-bond donors (Lipinski definition) is 0. The molecule has 3 nitrogen and oxygen atoms in total. The second kappa shape index (κ2) is 14.2. The second-order valence-electron chi connectivity index (χ2n) is 26.0. The van der Waals surface area contributed by atoms with Crippen LogP contribution in [0.3, 0.4) is 0 Å². The van der Waals surface area contributed by atoms with E-state index in [2.05, 4.69) is 250 Å². The van der Waals surface area contributed by atoms with Crippen LogP contribution in [0, 0.1) is 0 Å². The molecular weight excluding hydrogens is 947 g/mol. The molecule has 0 fully saturated rings. The van der Waals surface area contributed by atoms with E-state index in [0.717, 1.165) is 33.7 Å². The number of para-hydroxylation sites is 2. The lowest BCUT2D eigenvalue weighted by atomic mass is 9.79. The zero-order chi connectivity index (χ0) is 52.9. The van der Waals surface area contributed by atoms with E-state index in [1.807, 2.05) is 0 Å². The number of fused-ring (bicyclic) bond motifs is 23. The number of hydrogen-bond acceptors (Lipinski definition) is 3. The quantitative estimate of drug-likeness (QED) is 0.177. The van der Waals surface area contributed by atoms with Crippen molar-refractivity contribution in [3.63, 3.8) is 0 Å². The van der Waals surface area contributed by atoms with Crippen LogP contribution in [-0.4, -0.2) is 0 Å². The van der Waals surface area contributed by atoms with Crippen molar-refractivity contribution in [2.75, 3.05) is 4.90 Å². The number of nitrogens with zero attached hydrogens (tertiary/aromatic N) is 1. The molecule has 10 aromatic carbocycles. The summed E-state index contributed by atoms with van der Waals surface area (Å²) < 4.78 is 13.0. The molecule has 5 aliphatic rings. The Kier molecular flexibility index (Phi) is 8.14. The zero-order valence-electron chi connectivity index (χ0n) is 46.0. The summed E-state index contributed by atoms with van der Waals surface area (Å²) in [5.41, 5.74) is 33.2. The molecule has 17 rings (SSSR count). The van der Waals surface area contributed by atoms with Crippen LogP contribution in [-0.2, 0) is 27.1 Å². The SMILES string of the molecule is CC1(C)c2ccccc2-c2ccc(N(c3ccc4c(c3)C(C)(C)c3cc5c(cc3-4)C(C)(C)c3ccc4oc6ccccc6c4c3-5)c3ccc4c(c3)C(C)(C)c3cc5c(cc3-4)C(C)(C)c3ccc4oc6ccccc6c4c3-5)cc21. The van der Waals surface area contributed by atoms with Crippen LogP contribution < -0.4 is 4.90 Å². The average Bonchev–Trinajstić information content (AvgIpc) is 4.22. The van der Waals surface area contributed by atoms with Gasteiger partial charge in [0.1, 0.15) is 22.3 Å². The van der Waals surface area contributed by atoms with Gasteiger partial charge in [-0.1, -0.05) is 160 Å². The van der Waals surface area contributed by atoms with E-state index in [1.54, 1.807) is 0 Å². The van der Waals surface area contributed by atoms with Crippen molar-refractivity contribution in [1.29, 1.82) is 0 Å². The minimum absolute atomic E-state index is 0.154. The first-order valence-corrected chi connectivity index (χ1v) is 28.1. The predicted molar refractivity (Wildman–Crippen MR) is 324 cm³/mol. The normalized spacial score (nSPS) is 17.1. The molecule has 0 radical (unpaired) electrons. The van der Waals surface area contributed by atoms with Gasteiger partial charge in [-0.2, -0.15) is 0 Å². The van der Waals surface area contributed by atoms with Crippen LogP contribution in [0.1, 0.15) is 125 Å². The van der Waals surface area contributed by atoms with E-state index < -0.39 is 0 Å². The minimum Gasteiger partial charge on any atom is -0.456 e. The summed E-state index contributed by atoms with van der Waals surface area (Å²) >= 11 is 0. The van der Waals surface area contributed by atoms with E-state index >= 15 is 0 Å². The Morgan fingerprint density at radius 3 is 1.05 bits per heavy atom. The summed E-state index contributed by atoms with van der Waals surface area (Å²) in [7, 11) is 0. The van der Waals surface area contributed by atoms with Crippen molar-refractivity contribution in [3.8, 4) is 55.6 Å². The Balaban J connectivity index is 0.832. The van der Waals surface area contributed by atoms with Gasteiger partial charge >= 0.3 is 0 Å². The smallest absolute Gasteiger partial charge is 0.136 e. The average molecular weight is 1010 g/mol. The van der Waals surface area contributed by atoms with Crippen LogP contribution >= 0.6 is 0 Å². The summed E-state index contributed by atoms with van der Waals surface area (Å²) in [6.07, 6.45) is 0. The molecule has 376 valence electrons. The van der Waals surface area contributed by atoms with Crippen molar-refractivity contribution in [2.45, 2.75) is 96.3 Å². The number of furan rings is 2. The van der Waals surface area contributed by atoms with E-state index in [9.17, 15) is 0 Å². The van der Waals surface area contributed by atoms with Gasteiger partial charge in [-0.05, 0) is 196 Å². The van der Waals surface area contributed by atoms with Gasteiger partial charge in [-0.25, -0.2) is 0 Å². The van der Waals surface area contributed by atoms with Gasteiger partial charge in [-0.15, -0.1) is 0 Å². The lowest BCUT2D eigenvalue weighted by Gasteiger charge is -2.31. The standard InChI is InChI=1S/C75H59NO2/c1-71(2)53-20-14-11-17-43(53)44-26-23-40(33-56(44)71)76(41-24-27-45-49-36-61-51(38-59(49)74(7,8)57(45)34-41)67-54(72(61,3)4)29-31-65-69(67)47-18-12-15-21-63(47)77-65)42-25-28-46-50-37-62-52(39-60(50)75(9,10)58(46)35-42)68-55(73(62,5)6)30-32-66-70(68)48-19-13-16-22-64(48)78-66/h11-39H,1-10H3. The largest absolute Gasteiger partial charge is 0.456 e. The molecule has 0 aliphatic heterocycles. The Morgan fingerprint density at radius 1 is 0.256 bits per heavy atom. The topological polar surface area (TPSA) is 29.5 Å². The Labute approximate surface area is 455 Å². The highest BCUT2D eigenvalue weighted by atomic mass is 16.3. The molecular formula is C75H59NO2. The molecule has 78 heavy (non-hydrogen) atoms. The van der Waals surface area contributed by atoms with Gasteiger partial charge in [0, 0.05) is 65.7 Å². The molecule has 0 saturated heterocycles. The van der Waals surface area contributed by atoms with Gasteiger partial charge in [0.05, 0.1) is 0 Å². The van der Waals surface area contributed by atoms with Gasteiger partial charge in [-0.3, -0.25) is 0 Å². The van der Waals surface area contributed by atoms with Gasteiger partial charge in [0.15, 0.2) is 0 Å². The van der Waals surface area contributed by atoms with Gasteiger partial charge in [0.2, 0.25) is 0 Å². The van der Waals surface area contributed by atoms with Crippen molar-refractivity contribution in [3.05, 3.63) is 232 Å². The first kappa shape index (κ1) is 44.7. The molecule has 0 unspecified atom stereocenters. The summed E-state index contributed by atoms with van der Waals surface area (Å²) in [4.78, 5) is 2.55. The molecule has 0 N–H and O–H groups in total. The first-order chi connectivity index (χ1) is 37.4. The van der Waals surface area contributed by atoms with Crippen LogP contribution in [0.15, 0.2) is 185 Å². The third kappa shape index (κ3) is 5.31. The third-order valence-corrected chi connectivity index (χ3v) is 20.3. The lowest BCUT2D eigenvalue weighted by Crippen LogP contribution is -2.19. The molecule has 2 aromatic heterocycles. The maximum Gasteiger partial charge on any atom is 0.136 e. The van der Waals surface area contributed by atoms with E-state index in [1.165, 1.54) is 139 Å². The summed E-state index contributed by atoms with van der Waals surface area (Å²) in [5, 5.41) is 4.82. The molecule has 0 amide bonds. The summed E-state index contributed by atoms with van der Waals surface area (Å²) in [6.45, 7) is 24.2. The highest BCUT2D eigenvalue weighted by molar-refractivity contribution is 6.17. The summed E-state index contributed by atoms with van der Waals surface area (Å²) in [5.74, 6) is 0. The number of anilines is 3. The highest BCUT2D eigenvalue weighted by Gasteiger charge is 2.46. The van der Waals surface area contributed by atoms with Crippen LogP contribution in [0.2, 0.25) is 0 Å².